The quantitative estimate of drug-likeness (QED) is 0.596. The fourth-order valence-electron chi connectivity index (χ4n) is 1.44. The number of carbonyl (C=O) groups is 1. The zero-order valence-corrected chi connectivity index (χ0v) is 10.2. The molecular weight excluding hydrogens is 238 g/mol. The molecule has 1 rings (SSSR count). The van der Waals surface area contributed by atoms with Crippen molar-refractivity contribution in [3.8, 4) is 0 Å². The molecular formula is C11H15N3O4. The molecule has 0 saturated carbocycles. The van der Waals surface area contributed by atoms with Gasteiger partial charge in [-0.05, 0) is 13.0 Å². The van der Waals surface area contributed by atoms with Crippen LogP contribution < -0.4 is 11.1 Å². The second-order valence-corrected chi connectivity index (χ2v) is 3.76. The number of nitrogens with two attached hydrogens (primary N) is 1. The van der Waals surface area contributed by atoms with E-state index in [1.165, 1.54) is 19.2 Å². The first-order chi connectivity index (χ1) is 8.47. The molecule has 3 N–H and O–H groups in total. The molecule has 0 aromatic heterocycles. The van der Waals surface area contributed by atoms with Gasteiger partial charge in [-0.3, -0.25) is 14.9 Å². The lowest BCUT2D eigenvalue weighted by Crippen LogP contribution is -2.39. The Bertz CT molecular complexity index is 462. The number of hydrogen-bond acceptors (Lipinski definition) is 5. The first-order valence-electron chi connectivity index (χ1n) is 5.26. The molecule has 1 aromatic carbocycles. The van der Waals surface area contributed by atoms with Gasteiger partial charge in [0.2, 0.25) is 5.91 Å². The van der Waals surface area contributed by atoms with Crippen molar-refractivity contribution in [1.29, 1.82) is 0 Å². The van der Waals surface area contributed by atoms with E-state index in [0.717, 1.165) is 0 Å². The third-order valence-electron chi connectivity index (χ3n) is 2.44. The summed E-state index contributed by atoms with van der Waals surface area (Å²) in [6.07, 6.45) is 0. The Morgan fingerprint density at radius 1 is 1.61 bits per heavy atom. The first-order valence-corrected chi connectivity index (χ1v) is 5.26. The van der Waals surface area contributed by atoms with Crippen molar-refractivity contribution in [1.82, 2.24) is 0 Å². The Hall–Kier alpha value is -1.99. The number of methoxy groups -OCH3 is 1. The highest BCUT2D eigenvalue weighted by atomic mass is 16.6. The number of nitrogens with zero attached hydrogens (tertiary/aromatic N) is 1. The summed E-state index contributed by atoms with van der Waals surface area (Å²) in [5.41, 5.74) is 6.27. The van der Waals surface area contributed by atoms with E-state index in [1.807, 2.05) is 0 Å². The summed E-state index contributed by atoms with van der Waals surface area (Å²) in [6.45, 7) is 1.65. The highest BCUT2D eigenvalue weighted by Crippen LogP contribution is 2.24. The third-order valence-corrected chi connectivity index (χ3v) is 2.44. The number of benzene rings is 1. The molecule has 1 unspecified atom stereocenters. The molecule has 18 heavy (non-hydrogen) atoms. The SMILES string of the molecule is COCC(N)C(=O)Nc1cccc([N+](=O)[O-])c1C. The first kappa shape index (κ1) is 14.1. The minimum atomic E-state index is -0.811. The highest BCUT2D eigenvalue weighted by molar-refractivity contribution is 5.95. The molecule has 0 spiro atoms. The summed E-state index contributed by atoms with van der Waals surface area (Å²) >= 11 is 0. The van der Waals surface area contributed by atoms with Crippen molar-refractivity contribution in [3.05, 3.63) is 33.9 Å². The van der Waals surface area contributed by atoms with E-state index in [4.69, 9.17) is 10.5 Å². The topological polar surface area (TPSA) is 107 Å². The fraction of sp³-hybridized carbons (Fsp3) is 0.364. The smallest absolute Gasteiger partial charge is 0.274 e. The molecule has 0 aliphatic heterocycles. The zero-order valence-electron chi connectivity index (χ0n) is 10.2. The molecule has 98 valence electrons. The van der Waals surface area contributed by atoms with Crippen molar-refractivity contribution in [2.45, 2.75) is 13.0 Å². The van der Waals surface area contributed by atoms with Gasteiger partial charge < -0.3 is 15.8 Å². The second kappa shape index (κ2) is 6.08. The molecule has 0 bridgehead atoms. The molecule has 0 heterocycles. The van der Waals surface area contributed by atoms with Crippen molar-refractivity contribution in [3.63, 3.8) is 0 Å². The molecule has 0 radical (unpaired) electrons. The molecule has 7 heteroatoms. The maximum Gasteiger partial charge on any atom is 0.274 e. The number of carbonyl (C=O) groups excluding carboxylic acids is 1. The number of nitro groups is 1. The van der Waals surface area contributed by atoms with Crippen molar-refractivity contribution < 1.29 is 14.5 Å². The summed E-state index contributed by atoms with van der Waals surface area (Å²) < 4.78 is 4.76. The number of nitro benzene ring substituents is 1. The van der Waals surface area contributed by atoms with Crippen LogP contribution in [0.15, 0.2) is 18.2 Å². The molecule has 0 fully saturated rings. The number of ether oxygens (including phenoxy) is 1. The van der Waals surface area contributed by atoms with Gasteiger partial charge in [0.15, 0.2) is 0 Å². The van der Waals surface area contributed by atoms with Crippen LogP contribution in [0.2, 0.25) is 0 Å². The van der Waals surface area contributed by atoms with Crippen LogP contribution in [0.1, 0.15) is 5.56 Å². The average molecular weight is 253 g/mol. The Balaban J connectivity index is 2.88. The molecule has 0 aliphatic carbocycles. The number of hydrogen-bond donors (Lipinski definition) is 2. The number of amides is 1. The van der Waals surface area contributed by atoms with Crippen LogP contribution in [0.3, 0.4) is 0 Å². The Kier molecular flexibility index (Phi) is 4.75. The van der Waals surface area contributed by atoms with E-state index >= 15 is 0 Å². The lowest BCUT2D eigenvalue weighted by atomic mass is 10.1. The summed E-state index contributed by atoms with van der Waals surface area (Å²) in [6, 6.07) is 3.65. The normalized spacial score (nSPS) is 11.9. The van der Waals surface area contributed by atoms with Crippen LogP contribution in [0.5, 0.6) is 0 Å². The van der Waals surface area contributed by atoms with Gasteiger partial charge in [-0.15, -0.1) is 0 Å². The van der Waals surface area contributed by atoms with E-state index in [0.29, 0.717) is 11.3 Å². The molecule has 1 aromatic rings. The van der Waals surface area contributed by atoms with Crippen LogP contribution in [0, 0.1) is 17.0 Å². The standard InChI is InChI=1S/C11H15N3O4/c1-7-9(4-3-5-10(7)14(16)17)13-11(15)8(12)6-18-2/h3-5,8H,6,12H2,1-2H3,(H,13,15). The number of rotatable bonds is 5. The van der Waals surface area contributed by atoms with Gasteiger partial charge >= 0.3 is 0 Å². The summed E-state index contributed by atoms with van der Waals surface area (Å²) in [5, 5.41) is 13.3. The lowest BCUT2D eigenvalue weighted by molar-refractivity contribution is -0.385. The summed E-state index contributed by atoms with van der Waals surface area (Å²) in [7, 11) is 1.44. The monoisotopic (exact) mass is 253 g/mol. The number of anilines is 1. The Morgan fingerprint density at radius 3 is 2.83 bits per heavy atom. The molecule has 0 aliphatic rings. The van der Waals surface area contributed by atoms with Crippen molar-refractivity contribution >= 4 is 17.3 Å². The minimum Gasteiger partial charge on any atom is -0.383 e. The van der Waals surface area contributed by atoms with Gasteiger partial charge in [-0.2, -0.15) is 0 Å². The van der Waals surface area contributed by atoms with Crippen LogP contribution in [-0.2, 0) is 9.53 Å². The number of nitrogens with one attached hydrogen (secondary N) is 1. The van der Waals surface area contributed by atoms with E-state index < -0.39 is 16.9 Å². The molecule has 1 atom stereocenters. The predicted molar refractivity (Wildman–Crippen MR) is 66.3 cm³/mol. The Morgan fingerprint density at radius 2 is 2.28 bits per heavy atom. The zero-order chi connectivity index (χ0) is 13.7. The van der Waals surface area contributed by atoms with Crippen LogP contribution >= 0.6 is 0 Å². The van der Waals surface area contributed by atoms with Gasteiger partial charge in [0.25, 0.3) is 5.69 Å². The van der Waals surface area contributed by atoms with Crippen LogP contribution in [-0.4, -0.2) is 30.6 Å². The van der Waals surface area contributed by atoms with Crippen LogP contribution in [0.25, 0.3) is 0 Å². The minimum absolute atomic E-state index is 0.0480. The molecule has 7 nitrogen and oxygen atoms in total. The summed E-state index contributed by atoms with van der Waals surface area (Å²) in [5.74, 6) is -0.444. The van der Waals surface area contributed by atoms with Gasteiger partial charge in [0, 0.05) is 13.2 Å². The third kappa shape index (κ3) is 3.25. The lowest BCUT2D eigenvalue weighted by Gasteiger charge is -2.12. The predicted octanol–water partition coefficient (Wildman–Crippen LogP) is 0.815. The average Bonchev–Trinajstić information content (AvgIpc) is 2.31. The maximum atomic E-state index is 11.6. The van der Waals surface area contributed by atoms with Crippen LogP contribution in [0.4, 0.5) is 11.4 Å². The second-order valence-electron chi connectivity index (χ2n) is 3.76. The van der Waals surface area contributed by atoms with E-state index in [1.54, 1.807) is 13.0 Å². The van der Waals surface area contributed by atoms with Crippen molar-refractivity contribution in [2.75, 3.05) is 19.0 Å². The summed E-state index contributed by atoms with van der Waals surface area (Å²) in [4.78, 5) is 21.9. The highest BCUT2D eigenvalue weighted by Gasteiger charge is 2.17. The molecule has 1 amide bonds. The molecule has 0 saturated heterocycles. The van der Waals surface area contributed by atoms with E-state index in [-0.39, 0.29) is 12.3 Å². The van der Waals surface area contributed by atoms with E-state index in [2.05, 4.69) is 5.32 Å². The van der Waals surface area contributed by atoms with E-state index in [9.17, 15) is 14.9 Å². The van der Waals surface area contributed by atoms with Gasteiger partial charge in [0.05, 0.1) is 22.8 Å². The van der Waals surface area contributed by atoms with Crippen molar-refractivity contribution in [2.24, 2.45) is 5.73 Å². The maximum absolute atomic E-state index is 11.6. The fourth-order valence-corrected chi connectivity index (χ4v) is 1.44. The van der Waals surface area contributed by atoms with Gasteiger partial charge in [0.1, 0.15) is 6.04 Å². The van der Waals surface area contributed by atoms with Gasteiger partial charge in [-0.1, -0.05) is 6.07 Å². The largest absolute Gasteiger partial charge is 0.383 e. The van der Waals surface area contributed by atoms with Gasteiger partial charge in [-0.25, -0.2) is 0 Å². The Labute approximate surface area is 104 Å².